The molecule has 2 nitrogen and oxygen atoms in total. The third kappa shape index (κ3) is 3.94. The molecule has 0 atom stereocenters. The van der Waals surface area contributed by atoms with E-state index in [4.69, 9.17) is 0 Å². The molecule has 1 heterocycles. The first-order valence-corrected chi connectivity index (χ1v) is 10.8. The molecule has 0 aliphatic carbocycles. The van der Waals surface area contributed by atoms with Gasteiger partial charge in [-0.05, 0) is 46.7 Å². The van der Waals surface area contributed by atoms with Crippen LogP contribution in [0.15, 0.2) is 58.8 Å². The van der Waals surface area contributed by atoms with E-state index in [1.54, 1.807) is 23.1 Å². The summed E-state index contributed by atoms with van der Waals surface area (Å²) in [6.45, 7) is 0. The van der Waals surface area contributed by atoms with Crippen molar-refractivity contribution in [2.45, 2.75) is 10.6 Å². The highest BCUT2D eigenvalue weighted by Crippen LogP contribution is 2.28. The maximum Gasteiger partial charge on any atom is 0.179 e. The zero-order valence-corrected chi connectivity index (χ0v) is 14.7. The van der Waals surface area contributed by atoms with Crippen LogP contribution in [-0.2, 0) is 15.6 Å². The average molecular weight is 367 g/mol. The molecule has 0 N–H and O–H groups in total. The summed E-state index contributed by atoms with van der Waals surface area (Å²) in [6, 6.07) is 13.2. The Morgan fingerprint density at radius 2 is 1.78 bits per heavy atom. The maximum atomic E-state index is 12.9. The molecule has 0 unspecified atom stereocenters. The predicted molar refractivity (Wildman–Crippen MR) is 96.4 cm³/mol. The Hall–Kier alpha value is -1.37. The van der Waals surface area contributed by atoms with E-state index < -0.39 is 15.7 Å². The first kappa shape index (κ1) is 16.5. The van der Waals surface area contributed by atoms with Crippen molar-refractivity contribution in [3.8, 4) is 0 Å². The van der Waals surface area contributed by atoms with Crippen molar-refractivity contribution in [2.24, 2.45) is 0 Å². The van der Waals surface area contributed by atoms with E-state index in [2.05, 4.69) is 17.5 Å². The van der Waals surface area contributed by atoms with Crippen molar-refractivity contribution in [1.29, 1.82) is 0 Å². The van der Waals surface area contributed by atoms with Crippen LogP contribution >= 0.6 is 23.1 Å². The van der Waals surface area contributed by atoms with Gasteiger partial charge in [0.2, 0.25) is 0 Å². The van der Waals surface area contributed by atoms with Gasteiger partial charge in [-0.1, -0.05) is 18.2 Å². The van der Waals surface area contributed by atoms with Crippen LogP contribution in [0.25, 0.3) is 10.1 Å². The Morgan fingerprint density at radius 1 is 1.04 bits per heavy atom. The van der Waals surface area contributed by atoms with Gasteiger partial charge in [0.05, 0.1) is 10.6 Å². The molecule has 0 spiro atoms. The summed E-state index contributed by atoms with van der Waals surface area (Å²) in [5.41, 5.74) is 1.25. The minimum Gasteiger partial charge on any atom is -0.224 e. The molecule has 3 rings (SSSR count). The van der Waals surface area contributed by atoms with Crippen LogP contribution in [0.4, 0.5) is 4.39 Å². The maximum absolute atomic E-state index is 12.9. The van der Waals surface area contributed by atoms with Gasteiger partial charge in [-0.15, -0.1) is 11.3 Å². The highest BCUT2D eigenvalue weighted by atomic mass is 32.2. The molecule has 120 valence electrons. The number of hydrogen-bond acceptors (Lipinski definition) is 4. The molecular weight excluding hydrogens is 351 g/mol. The molecule has 0 aliphatic heterocycles. The van der Waals surface area contributed by atoms with Gasteiger partial charge in [0.15, 0.2) is 9.84 Å². The first-order valence-electron chi connectivity index (χ1n) is 7.07. The van der Waals surface area contributed by atoms with E-state index in [-0.39, 0.29) is 10.6 Å². The molecule has 0 saturated heterocycles. The Bertz CT molecular complexity index is 899. The Morgan fingerprint density at radius 3 is 2.57 bits per heavy atom. The number of sulfone groups is 1. The highest BCUT2D eigenvalue weighted by molar-refractivity contribution is 8.00. The number of hydrogen-bond donors (Lipinski definition) is 0. The van der Waals surface area contributed by atoms with Gasteiger partial charge in [-0.2, -0.15) is 11.8 Å². The summed E-state index contributed by atoms with van der Waals surface area (Å²) >= 11 is 3.31. The normalized spacial score (nSPS) is 11.9. The summed E-state index contributed by atoms with van der Waals surface area (Å²) in [5, 5.41) is 3.37. The van der Waals surface area contributed by atoms with Gasteiger partial charge in [-0.3, -0.25) is 0 Å². The van der Waals surface area contributed by atoms with Crippen molar-refractivity contribution in [3.05, 3.63) is 65.3 Å². The van der Waals surface area contributed by atoms with Crippen molar-refractivity contribution >= 4 is 43.0 Å². The van der Waals surface area contributed by atoms with Crippen molar-refractivity contribution < 1.29 is 12.8 Å². The standard InChI is InChI=1S/C17H15FO2S3/c18-14-5-7-15(8-6-14)23(19,20)10-9-21-11-13-12-22-17-4-2-1-3-16(13)17/h1-8,12H,9-11H2. The highest BCUT2D eigenvalue weighted by Gasteiger charge is 2.14. The molecule has 0 fully saturated rings. The van der Waals surface area contributed by atoms with Crippen LogP contribution < -0.4 is 0 Å². The van der Waals surface area contributed by atoms with Crippen molar-refractivity contribution in [1.82, 2.24) is 0 Å². The number of thiophene rings is 1. The molecule has 23 heavy (non-hydrogen) atoms. The van der Waals surface area contributed by atoms with Crippen LogP contribution in [0.1, 0.15) is 5.56 Å². The molecule has 0 amide bonds. The fourth-order valence-corrected chi connectivity index (χ4v) is 6.06. The third-order valence-electron chi connectivity index (χ3n) is 3.49. The van der Waals surface area contributed by atoms with Crippen LogP contribution in [0.5, 0.6) is 0 Å². The predicted octanol–water partition coefficient (Wildman–Crippen LogP) is 4.75. The van der Waals surface area contributed by atoms with Crippen LogP contribution in [0.3, 0.4) is 0 Å². The van der Waals surface area contributed by atoms with Crippen LogP contribution in [0.2, 0.25) is 0 Å². The smallest absolute Gasteiger partial charge is 0.179 e. The van der Waals surface area contributed by atoms with E-state index in [1.165, 1.54) is 39.9 Å². The fourth-order valence-electron chi connectivity index (χ4n) is 2.26. The van der Waals surface area contributed by atoms with Gasteiger partial charge in [0.25, 0.3) is 0 Å². The lowest BCUT2D eigenvalue weighted by Crippen LogP contribution is -2.09. The third-order valence-corrected chi connectivity index (χ3v) is 7.50. The summed E-state index contributed by atoms with van der Waals surface area (Å²) in [6.07, 6.45) is 0. The summed E-state index contributed by atoms with van der Waals surface area (Å²) < 4.78 is 38.5. The second-order valence-corrected chi connectivity index (χ2v) is 9.21. The van der Waals surface area contributed by atoms with Crippen LogP contribution in [-0.4, -0.2) is 19.9 Å². The van der Waals surface area contributed by atoms with E-state index in [1.807, 2.05) is 12.1 Å². The van der Waals surface area contributed by atoms with Gasteiger partial charge in [0, 0.05) is 16.2 Å². The molecule has 0 aliphatic rings. The molecule has 6 heteroatoms. The molecule has 0 bridgehead atoms. The van der Waals surface area contributed by atoms with E-state index in [0.717, 1.165) is 5.75 Å². The second kappa shape index (κ2) is 7.03. The van der Waals surface area contributed by atoms with Crippen molar-refractivity contribution in [3.63, 3.8) is 0 Å². The Kier molecular flexibility index (Phi) is 5.04. The summed E-state index contributed by atoms with van der Waals surface area (Å²) in [4.78, 5) is 0.181. The minimum atomic E-state index is -3.35. The van der Waals surface area contributed by atoms with Gasteiger partial charge in [0.1, 0.15) is 5.82 Å². The lowest BCUT2D eigenvalue weighted by atomic mass is 10.2. The quantitative estimate of drug-likeness (QED) is 0.466. The number of halogens is 1. The Labute approximate surface area is 143 Å². The van der Waals surface area contributed by atoms with E-state index >= 15 is 0 Å². The summed E-state index contributed by atoms with van der Waals surface area (Å²) in [5.74, 6) is 0.945. The van der Waals surface area contributed by atoms with Gasteiger partial charge < -0.3 is 0 Å². The number of rotatable bonds is 6. The average Bonchev–Trinajstić information content (AvgIpc) is 2.95. The largest absolute Gasteiger partial charge is 0.224 e. The molecule has 2 aromatic carbocycles. The monoisotopic (exact) mass is 366 g/mol. The van der Waals surface area contributed by atoms with Crippen molar-refractivity contribution in [2.75, 3.05) is 11.5 Å². The molecule has 0 radical (unpaired) electrons. The number of fused-ring (bicyclic) bond motifs is 1. The molecule has 3 aromatic rings. The van der Waals surface area contributed by atoms with Gasteiger partial charge in [-0.25, -0.2) is 12.8 Å². The first-order chi connectivity index (χ1) is 11.1. The zero-order valence-electron chi connectivity index (χ0n) is 12.2. The Balaban J connectivity index is 1.58. The number of benzene rings is 2. The molecule has 0 saturated carbocycles. The minimum absolute atomic E-state index is 0.0609. The lowest BCUT2D eigenvalue weighted by molar-refractivity contribution is 0.596. The summed E-state index contributed by atoms with van der Waals surface area (Å²) in [7, 11) is -3.35. The zero-order chi connectivity index (χ0) is 16.3. The fraction of sp³-hybridized carbons (Fsp3) is 0.176. The molecular formula is C17H15FO2S3. The van der Waals surface area contributed by atoms with Crippen LogP contribution in [0, 0.1) is 5.82 Å². The lowest BCUT2D eigenvalue weighted by Gasteiger charge is -2.04. The second-order valence-electron chi connectivity index (χ2n) is 5.08. The van der Waals surface area contributed by atoms with E-state index in [0.29, 0.717) is 5.75 Å². The number of thioether (sulfide) groups is 1. The van der Waals surface area contributed by atoms with Gasteiger partial charge >= 0.3 is 0 Å². The molecule has 1 aromatic heterocycles. The topological polar surface area (TPSA) is 34.1 Å². The van der Waals surface area contributed by atoms with E-state index in [9.17, 15) is 12.8 Å². The SMILES string of the molecule is O=S(=O)(CCSCc1csc2ccccc12)c1ccc(F)cc1.